The number of oxime groups is 1. The molecule has 0 atom stereocenters. The molecule has 0 radical (unpaired) electrons. The van der Waals surface area contributed by atoms with Gasteiger partial charge in [-0.15, -0.1) is 0 Å². The van der Waals surface area contributed by atoms with E-state index in [2.05, 4.69) is 25.9 Å². The van der Waals surface area contributed by atoms with Crippen molar-refractivity contribution in [3.8, 4) is 5.75 Å². The summed E-state index contributed by atoms with van der Waals surface area (Å²) in [7, 11) is 0. The maximum Gasteiger partial charge on any atom is 0.331 e. The van der Waals surface area contributed by atoms with Crippen molar-refractivity contribution >= 4 is 27.6 Å². The second-order valence-electron chi connectivity index (χ2n) is 2.92. The van der Waals surface area contributed by atoms with Crippen LogP contribution < -0.4 is 0 Å². The highest BCUT2D eigenvalue weighted by atomic mass is 79.9. The average Bonchev–Trinajstić information content (AvgIpc) is 2.14. The van der Waals surface area contributed by atoms with Crippen molar-refractivity contribution in [2.75, 3.05) is 0 Å². The zero-order chi connectivity index (χ0) is 11.4. The number of carbonyl (C=O) groups excluding carboxylic acids is 1. The summed E-state index contributed by atoms with van der Waals surface area (Å²) in [6.07, 6.45) is 0. The van der Waals surface area contributed by atoms with Crippen LogP contribution in [0.4, 0.5) is 0 Å². The summed E-state index contributed by atoms with van der Waals surface area (Å²) in [6, 6.07) is 4.99. The summed E-state index contributed by atoms with van der Waals surface area (Å²) in [4.78, 5) is 15.0. The van der Waals surface area contributed by atoms with Crippen LogP contribution in [0.1, 0.15) is 19.4 Å². The molecule has 0 heterocycles. The first kappa shape index (κ1) is 11.7. The van der Waals surface area contributed by atoms with Crippen LogP contribution in [0.25, 0.3) is 0 Å². The number of benzene rings is 1. The number of aromatic hydroxyl groups is 1. The predicted molar refractivity (Wildman–Crippen MR) is 59.8 cm³/mol. The van der Waals surface area contributed by atoms with Crippen LogP contribution in [0.2, 0.25) is 0 Å². The molecule has 0 unspecified atom stereocenters. The lowest BCUT2D eigenvalue weighted by Gasteiger charge is -2.03. The number of phenolic OH excluding ortho intramolecular Hbond substituents is 1. The molecule has 0 fully saturated rings. The molecule has 1 rings (SSSR count). The molecule has 1 aromatic carbocycles. The number of hydrogen-bond acceptors (Lipinski definition) is 4. The Morgan fingerprint density at radius 3 is 2.67 bits per heavy atom. The van der Waals surface area contributed by atoms with Gasteiger partial charge >= 0.3 is 5.97 Å². The second kappa shape index (κ2) is 4.93. The molecular weight excluding hydrogens is 262 g/mol. The third kappa shape index (κ3) is 3.36. The third-order valence-electron chi connectivity index (χ3n) is 1.66. The van der Waals surface area contributed by atoms with Gasteiger partial charge in [0.1, 0.15) is 5.75 Å². The minimum absolute atomic E-state index is 0.0813. The molecule has 5 heteroatoms. The minimum Gasteiger partial charge on any atom is -0.507 e. The first-order valence-electron chi connectivity index (χ1n) is 4.22. The Hall–Kier alpha value is -1.36. The number of rotatable bonds is 2. The average molecular weight is 272 g/mol. The highest BCUT2D eigenvalue weighted by molar-refractivity contribution is 9.10. The molecule has 0 aliphatic carbocycles. The van der Waals surface area contributed by atoms with Gasteiger partial charge in [0.05, 0.1) is 5.71 Å². The molecule has 0 spiro atoms. The molecule has 0 aromatic heterocycles. The predicted octanol–water partition coefficient (Wildman–Crippen LogP) is 2.44. The summed E-state index contributed by atoms with van der Waals surface area (Å²) in [6.45, 7) is 2.91. The molecule has 15 heavy (non-hydrogen) atoms. The molecular formula is C10H10BrNO3. The fourth-order valence-electron chi connectivity index (χ4n) is 0.993. The standard InChI is InChI=1S/C10H10BrNO3/c1-6(12-15-7(2)13)9-4-3-8(11)5-10(9)14/h3-5,14H,1-2H3/b12-6+. The van der Waals surface area contributed by atoms with Crippen molar-refractivity contribution in [1.29, 1.82) is 0 Å². The van der Waals surface area contributed by atoms with Gasteiger partial charge in [0.25, 0.3) is 0 Å². The largest absolute Gasteiger partial charge is 0.507 e. The molecule has 1 aromatic rings. The summed E-state index contributed by atoms with van der Waals surface area (Å²) >= 11 is 3.22. The highest BCUT2D eigenvalue weighted by Gasteiger charge is 2.05. The van der Waals surface area contributed by atoms with Crippen LogP contribution in [0.15, 0.2) is 27.8 Å². The third-order valence-corrected chi connectivity index (χ3v) is 2.15. The molecule has 1 N–H and O–H groups in total. The quantitative estimate of drug-likeness (QED) is 0.511. The molecule has 0 bridgehead atoms. The number of phenols is 1. The van der Waals surface area contributed by atoms with E-state index in [-0.39, 0.29) is 5.75 Å². The topological polar surface area (TPSA) is 58.9 Å². The Labute approximate surface area is 95.7 Å². The van der Waals surface area contributed by atoms with Crippen molar-refractivity contribution in [2.45, 2.75) is 13.8 Å². The van der Waals surface area contributed by atoms with Gasteiger partial charge in [-0.05, 0) is 25.1 Å². The Morgan fingerprint density at radius 2 is 2.13 bits per heavy atom. The Kier molecular flexibility index (Phi) is 3.85. The summed E-state index contributed by atoms with van der Waals surface area (Å²) in [5.41, 5.74) is 0.967. The van der Waals surface area contributed by atoms with E-state index in [9.17, 15) is 9.90 Å². The van der Waals surface area contributed by atoms with Crippen LogP contribution in [0.5, 0.6) is 5.75 Å². The van der Waals surface area contributed by atoms with Gasteiger partial charge < -0.3 is 9.94 Å². The fourth-order valence-corrected chi connectivity index (χ4v) is 1.34. The van der Waals surface area contributed by atoms with Gasteiger partial charge in [-0.3, -0.25) is 0 Å². The summed E-state index contributed by atoms with van der Waals surface area (Å²) in [5.74, 6) is -0.413. The van der Waals surface area contributed by atoms with E-state index in [4.69, 9.17) is 0 Å². The van der Waals surface area contributed by atoms with Crippen molar-refractivity contribution in [1.82, 2.24) is 0 Å². The van der Waals surface area contributed by atoms with Gasteiger partial charge in [-0.2, -0.15) is 0 Å². The zero-order valence-corrected chi connectivity index (χ0v) is 9.91. The number of hydrogen-bond donors (Lipinski definition) is 1. The maximum absolute atomic E-state index is 10.5. The lowest BCUT2D eigenvalue weighted by Crippen LogP contribution is -1.99. The van der Waals surface area contributed by atoms with E-state index in [0.29, 0.717) is 11.3 Å². The molecule has 0 aliphatic rings. The maximum atomic E-state index is 10.5. The lowest BCUT2D eigenvalue weighted by molar-refractivity contribution is -0.140. The van der Waals surface area contributed by atoms with E-state index in [1.54, 1.807) is 25.1 Å². The summed E-state index contributed by atoms with van der Waals surface area (Å²) in [5, 5.41) is 13.2. The number of halogens is 1. The smallest absolute Gasteiger partial charge is 0.331 e. The van der Waals surface area contributed by atoms with Crippen LogP contribution in [0, 0.1) is 0 Å². The van der Waals surface area contributed by atoms with Crippen LogP contribution >= 0.6 is 15.9 Å². The SMILES string of the molecule is CC(=O)O/N=C(\C)c1ccc(Br)cc1O. The molecule has 0 saturated heterocycles. The van der Waals surface area contributed by atoms with E-state index in [0.717, 1.165) is 4.47 Å². The van der Waals surface area contributed by atoms with E-state index in [1.807, 2.05) is 0 Å². The van der Waals surface area contributed by atoms with Gasteiger partial charge in [0.15, 0.2) is 0 Å². The van der Waals surface area contributed by atoms with Gasteiger partial charge in [-0.25, -0.2) is 4.79 Å². The molecule has 4 nitrogen and oxygen atoms in total. The Bertz CT molecular complexity index is 415. The molecule has 0 amide bonds. The lowest BCUT2D eigenvalue weighted by atomic mass is 10.1. The Morgan fingerprint density at radius 1 is 1.47 bits per heavy atom. The summed E-state index contributed by atoms with van der Waals surface area (Å²) < 4.78 is 0.768. The number of nitrogens with zero attached hydrogens (tertiary/aromatic N) is 1. The van der Waals surface area contributed by atoms with Crippen molar-refractivity contribution in [2.24, 2.45) is 5.16 Å². The van der Waals surface area contributed by atoms with Crippen LogP contribution in [-0.2, 0) is 9.63 Å². The second-order valence-corrected chi connectivity index (χ2v) is 3.84. The fraction of sp³-hybridized carbons (Fsp3) is 0.200. The van der Waals surface area contributed by atoms with Crippen molar-refractivity contribution < 1.29 is 14.7 Å². The van der Waals surface area contributed by atoms with Crippen molar-refractivity contribution in [3.05, 3.63) is 28.2 Å². The normalized spacial score (nSPS) is 11.3. The Balaban J connectivity index is 2.95. The molecule has 0 aliphatic heterocycles. The van der Waals surface area contributed by atoms with E-state index < -0.39 is 5.97 Å². The van der Waals surface area contributed by atoms with Crippen molar-refractivity contribution in [3.63, 3.8) is 0 Å². The first-order valence-corrected chi connectivity index (χ1v) is 5.01. The van der Waals surface area contributed by atoms with Gasteiger partial charge in [0, 0.05) is 17.0 Å². The number of carbonyl (C=O) groups is 1. The molecule has 80 valence electrons. The monoisotopic (exact) mass is 271 g/mol. The molecule has 0 saturated carbocycles. The van der Waals surface area contributed by atoms with Gasteiger partial charge in [0.2, 0.25) is 0 Å². The minimum atomic E-state index is -0.494. The highest BCUT2D eigenvalue weighted by Crippen LogP contribution is 2.22. The van der Waals surface area contributed by atoms with Crippen LogP contribution in [0.3, 0.4) is 0 Å². The van der Waals surface area contributed by atoms with E-state index in [1.165, 1.54) is 6.92 Å². The van der Waals surface area contributed by atoms with E-state index >= 15 is 0 Å². The van der Waals surface area contributed by atoms with Crippen LogP contribution in [-0.4, -0.2) is 16.8 Å². The van der Waals surface area contributed by atoms with Gasteiger partial charge in [-0.1, -0.05) is 21.1 Å². The first-order chi connectivity index (χ1) is 7.00. The zero-order valence-electron chi connectivity index (χ0n) is 8.32.